The summed E-state index contributed by atoms with van der Waals surface area (Å²) < 4.78 is 4.62. The third kappa shape index (κ3) is 3.21. The largest absolute Gasteiger partial charge is 0.459 e. The summed E-state index contributed by atoms with van der Waals surface area (Å²) in [5.74, 6) is -1.71. The van der Waals surface area contributed by atoms with Crippen molar-refractivity contribution < 1.29 is 14.3 Å². The molecule has 1 N–H and O–H groups in total. The molecule has 0 spiro atoms. The van der Waals surface area contributed by atoms with E-state index in [1.165, 1.54) is 11.3 Å². The summed E-state index contributed by atoms with van der Waals surface area (Å²) in [5, 5.41) is 2.84. The van der Waals surface area contributed by atoms with Crippen LogP contribution in [-0.2, 0) is 14.3 Å². The molecule has 0 aliphatic rings. The maximum absolute atomic E-state index is 11.5. The first kappa shape index (κ1) is 14.2. The van der Waals surface area contributed by atoms with Crippen molar-refractivity contribution in [1.82, 2.24) is 4.98 Å². The summed E-state index contributed by atoms with van der Waals surface area (Å²) >= 11 is 1.32. The van der Waals surface area contributed by atoms with Gasteiger partial charge in [-0.3, -0.25) is 10.1 Å². The molecule has 0 fully saturated rings. The van der Waals surface area contributed by atoms with Gasteiger partial charge in [0.15, 0.2) is 5.13 Å². The van der Waals surface area contributed by atoms with Gasteiger partial charge < -0.3 is 4.74 Å². The van der Waals surface area contributed by atoms with Crippen LogP contribution in [0.4, 0.5) is 5.13 Å². The zero-order valence-corrected chi connectivity index (χ0v) is 12.0. The van der Waals surface area contributed by atoms with Gasteiger partial charge in [0.2, 0.25) is 0 Å². The monoisotopic (exact) mass is 290 g/mol. The van der Waals surface area contributed by atoms with E-state index >= 15 is 0 Å². The second kappa shape index (κ2) is 6.29. The highest BCUT2D eigenvalue weighted by Crippen LogP contribution is 2.30. The van der Waals surface area contributed by atoms with Crippen molar-refractivity contribution >= 4 is 28.3 Å². The predicted octanol–water partition coefficient (Wildman–Crippen LogP) is 2.62. The summed E-state index contributed by atoms with van der Waals surface area (Å²) in [6.07, 6.45) is 0. The third-order valence-corrected chi connectivity index (χ3v) is 3.41. The number of aromatic nitrogens is 1. The van der Waals surface area contributed by atoms with Gasteiger partial charge in [0.1, 0.15) is 0 Å². The maximum Gasteiger partial charge on any atom is 0.397 e. The predicted molar refractivity (Wildman–Crippen MR) is 77.5 cm³/mol. The van der Waals surface area contributed by atoms with Gasteiger partial charge in [-0.1, -0.05) is 30.3 Å². The molecule has 2 aromatic rings. The minimum absolute atomic E-state index is 0.165. The van der Waals surface area contributed by atoms with Crippen molar-refractivity contribution in [2.45, 2.75) is 13.8 Å². The third-order valence-electron chi connectivity index (χ3n) is 2.53. The number of nitrogens with zero attached hydrogens (tertiary/aromatic N) is 1. The number of aryl methyl sites for hydroxylation is 1. The molecule has 0 bridgehead atoms. The molecule has 20 heavy (non-hydrogen) atoms. The number of carbonyl (C=O) groups excluding carboxylic acids is 2. The second-order valence-corrected chi connectivity index (χ2v) is 5.17. The smallest absolute Gasteiger partial charge is 0.397 e. The van der Waals surface area contributed by atoms with Crippen LogP contribution in [0.5, 0.6) is 0 Å². The van der Waals surface area contributed by atoms with Gasteiger partial charge in [-0.15, -0.1) is 11.3 Å². The molecule has 6 heteroatoms. The number of thiazole rings is 1. The molecular formula is C14H14N2O3S. The highest BCUT2D eigenvalue weighted by atomic mass is 32.1. The van der Waals surface area contributed by atoms with E-state index < -0.39 is 11.9 Å². The number of hydrogen-bond acceptors (Lipinski definition) is 5. The number of hydrogen-bond donors (Lipinski definition) is 1. The van der Waals surface area contributed by atoms with E-state index in [-0.39, 0.29) is 6.61 Å². The van der Waals surface area contributed by atoms with Crippen molar-refractivity contribution in [2.24, 2.45) is 0 Å². The van der Waals surface area contributed by atoms with Crippen LogP contribution in [-0.4, -0.2) is 23.5 Å². The standard InChI is InChI=1S/C14H14N2O3S/c1-3-19-13(18)12(17)16-14-15-11(9(2)20-14)10-7-5-4-6-8-10/h4-8H,3H2,1-2H3,(H,15,16,17). The molecule has 0 saturated carbocycles. The lowest BCUT2D eigenvalue weighted by molar-refractivity contribution is -0.152. The van der Waals surface area contributed by atoms with E-state index in [1.54, 1.807) is 6.92 Å². The zero-order valence-electron chi connectivity index (χ0n) is 11.2. The fourth-order valence-electron chi connectivity index (χ4n) is 1.66. The number of ether oxygens (including phenoxy) is 1. The average molecular weight is 290 g/mol. The van der Waals surface area contributed by atoms with Gasteiger partial charge in [0.05, 0.1) is 12.3 Å². The summed E-state index contributed by atoms with van der Waals surface area (Å²) in [6.45, 7) is 3.73. The van der Waals surface area contributed by atoms with Gasteiger partial charge in [-0.2, -0.15) is 0 Å². The molecule has 1 heterocycles. The van der Waals surface area contributed by atoms with E-state index in [0.29, 0.717) is 5.13 Å². The molecule has 0 radical (unpaired) electrons. The molecule has 2 rings (SSSR count). The first-order valence-electron chi connectivity index (χ1n) is 6.12. The summed E-state index contributed by atoms with van der Waals surface area (Å²) in [7, 11) is 0. The number of nitrogens with one attached hydrogen (secondary N) is 1. The highest BCUT2D eigenvalue weighted by molar-refractivity contribution is 7.16. The number of amides is 1. The Labute approximate surface area is 120 Å². The number of carbonyl (C=O) groups is 2. The van der Waals surface area contributed by atoms with Crippen molar-refractivity contribution in [2.75, 3.05) is 11.9 Å². The number of rotatable bonds is 3. The van der Waals surface area contributed by atoms with Crippen LogP contribution in [0.3, 0.4) is 0 Å². The zero-order chi connectivity index (χ0) is 14.5. The van der Waals surface area contributed by atoms with Crippen LogP contribution >= 0.6 is 11.3 Å². The summed E-state index contributed by atoms with van der Waals surface area (Å²) in [6, 6.07) is 9.66. The number of esters is 1. The molecule has 0 aliphatic carbocycles. The molecule has 1 amide bonds. The van der Waals surface area contributed by atoms with Gasteiger partial charge in [0, 0.05) is 10.4 Å². The molecule has 1 aromatic heterocycles. The highest BCUT2D eigenvalue weighted by Gasteiger charge is 2.18. The molecule has 104 valence electrons. The van der Waals surface area contributed by atoms with E-state index in [9.17, 15) is 9.59 Å². The SMILES string of the molecule is CCOC(=O)C(=O)Nc1nc(-c2ccccc2)c(C)s1. The van der Waals surface area contributed by atoms with E-state index in [0.717, 1.165) is 16.1 Å². The Kier molecular flexibility index (Phi) is 4.47. The maximum atomic E-state index is 11.5. The first-order chi connectivity index (χ1) is 9.61. The van der Waals surface area contributed by atoms with Crippen molar-refractivity contribution in [1.29, 1.82) is 0 Å². The number of anilines is 1. The van der Waals surface area contributed by atoms with Crippen LogP contribution < -0.4 is 5.32 Å². The Morgan fingerprint density at radius 1 is 1.30 bits per heavy atom. The topological polar surface area (TPSA) is 68.3 Å². The Balaban J connectivity index is 2.16. The number of benzene rings is 1. The quantitative estimate of drug-likeness (QED) is 0.697. The summed E-state index contributed by atoms with van der Waals surface area (Å²) in [5.41, 5.74) is 1.77. The van der Waals surface area contributed by atoms with Crippen molar-refractivity contribution in [3.63, 3.8) is 0 Å². The second-order valence-electron chi connectivity index (χ2n) is 3.96. The van der Waals surface area contributed by atoms with Crippen molar-refractivity contribution in [3.8, 4) is 11.3 Å². The van der Waals surface area contributed by atoms with Gasteiger partial charge in [-0.25, -0.2) is 9.78 Å². The van der Waals surface area contributed by atoms with Crippen LogP contribution in [0, 0.1) is 6.92 Å². The van der Waals surface area contributed by atoms with Crippen LogP contribution in [0.2, 0.25) is 0 Å². The Morgan fingerprint density at radius 2 is 2.00 bits per heavy atom. The van der Waals surface area contributed by atoms with Crippen LogP contribution in [0.15, 0.2) is 30.3 Å². The molecular weight excluding hydrogens is 276 g/mol. The van der Waals surface area contributed by atoms with Crippen LogP contribution in [0.1, 0.15) is 11.8 Å². The first-order valence-corrected chi connectivity index (χ1v) is 6.94. The fraction of sp³-hybridized carbons (Fsp3) is 0.214. The van der Waals surface area contributed by atoms with Crippen molar-refractivity contribution in [3.05, 3.63) is 35.2 Å². The minimum Gasteiger partial charge on any atom is -0.459 e. The lowest BCUT2D eigenvalue weighted by atomic mass is 10.1. The summed E-state index contributed by atoms with van der Waals surface area (Å²) in [4.78, 5) is 28.1. The normalized spacial score (nSPS) is 10.1. The van der Waals surface area contributed by atoms with Gasteiger partial charge in [0.25, 0.3) is 0 Å². The van der Waals surface area contributed by atoms with E-state index in [2.05, 4.69) is 15.0 Å². The Morgan fingerprint density at radius 3 is 2.65 bits per heavy atom. The molecule has 0 unspecified atom stereocenters. The molecule has 0 aliphatic heterocycles. The van der Waals surface area contributed by atoms with E-state index in [4.69, 9.17) is 0 Å². The Bertz CT molecular complexity index is 623. The average Bonchev–Trinajstić information content (AvgIpc) is 2.80. The minimum atomic E-state index is -0.901. The molecule has 0 atom stereocenters. The molecule has 0 saturated heterocycles. The fourth-order valence-corrected chi connectivity index (χ4v) is 2.49. The molecule has 5 nitrogen and oxygen atoms in total. The lowest BCUT2D eigenvalue weighted by Crippen LogP contribution is -2.24. The molecule has 1 aromatic carbocycles. The lowest BCUT2D eigenvalue weighted by Gasteiger charge is -2.00. The van der Waals surface area contributed by atoms with E-state index in [1.807, 2.05) is 37.3 Å². The van der Waals surface area contributed by atoms with Crippen LogP contribution in [0.25, 0.3) is 11.3 Å². The Hall–Kier alpha value is -2.21. The van der Waals surface area contributed by atoms with Gasteiger partial charge >= 0.3 is 11.9 Å². The van der Waals surface area contributed by atoms with Gasteiger partial charge in [-0.05, 0) is 13.8 Å².